The number of amides is 4. The lowest BCUT2D eigenvalue weighted by atomic mass is 9.86. The summed E-state index contributed by atoms with van der Waals surface area (Å²) in [4.78, 5) is 58.8. The number of carboxylic acids is 1. The van der Waals surface area contributed by atoms with Gasteiger partial charge < -0.3 is 27.2 Å². The van der Waals surface area contributed by atoms with Crippen molar-refractivity contribution in [3.63, 3.8) is 0 Å². The van der Waals surface area contributed by atoms with Gasteiger partial charge in [0.25, 0.3) is 0 Å². The molecule has 0 rings (SSSR count). The van der Waals surface area contributed by atoms with Crippen LogP contribution in [0.5, 0.6) is 0 Å². The van der Waals surface area contributed by atoms with Crippen molar-refractivity contribution in [1.29, 1.82) is 0 Å². The van der Waals surface area contributed by atoms with Gasteiger partial charge in [0, 0.05) is 23.7 Å². The minimum Gasteiger partial charge on any atom is -0.481 e. The summed E-state index contributed by atoms with van der Waals surface area (Å²) in [5.74, 6) is -4.49. The summed E-state index contributed by atoms with van der Waals surface area (Å²) in [5, 5.41) is 14.8. The molecule has 5 unspecified atom stereocenters. The first kappa shape index (κ1) is 30.4. The number of rotatable bonds is 18. The Kier molecular flexibility index (Phi) is 14.8. The van der Waals surface area contributed by atoms with E-state index in [1.807, 2.05) is 13.8 Å². The summed E-state index contributed by atoms with van der Waals surface area (Å²) >= 11 is 0. The molecule has 0 heterocycles. The van der Waals surface area contributed by atoms with Crippen LogP contribution in [0.1, 0.15) is 79.1 Å². The van der Waals surface area contributed by atoms with Gasteiger partial charge in [-0.2, -0.15) is 0 Å². The van der Waals surface area contributed by atoms with E-state index in [1.165, 1.54) is 0 Å². The molecular formula is C23H42N4O6. The van der Waals surface area contributed by atoms with E-state index in [0.717, 1.165) is 0 Å². The van der Waals surface area contributed by atoms with Crippen LogP contribution in [0.15, 0.2) is 0 Å². The van der Waals surface area contributed by atoms with Crippen molar-refractivity contribution >= 4 is 29.6 Å². The number of aliphatic carboxylic acids is 1. The fraction of sp³-hybridized carbons (Fsp3) is 0.783. The first-order chi connectivity index (χ1) is 15.4. The fourth-order valence-corrected chi connectivity index (χ4v) is 3.51. The normalized spacial score (nSPS) is 15.5. The monoisotopic (exact) mass is 470 g/mol. The van der Waals surface area contributed by atoms with Crippen molar-refractivity contribution in [2.24, 2.45) is 41.1 Å². The maximum absolute atomic E-state index is 12.2. The van der Waals surface area contributed by atoms with Crippen LogP contribution in [-0.2, 0) is 24.0 Å². The number of nitrogens with one attached hydrogen (secondary N) is 2. The van der Waals surface area contributed by atoms with Crippen LogP contribution in [-0.4, -0.2) is 41.4 Å². The Hall–Kier alpha value is -2.65. The highest BCUT2D eigenvalue weighted by Crippen LogP contribution is 2.24. The number of hydrogen-bond donors (Lipinski definition) is 5. The Labute approximate surface area is 196 Å². The van der Waals surface area contributed by atoms with E-state index >= 15 is 0 Å². The zero-order valence-electron chi connectivity index (χ0n) is 20.4. The maximum atomic E-state index is 12.2. The maximum Gasteiger partial charge on any atom is 0.306 e. The summed E-state index contributed by atoms with van der Waals surface area (Å²) in [5.41, 5.74) is 10.8. The van der Waals surface area contributed by atoms with E-state index in [0.29, 0.717) is 38.5 Å². The van der Waals surface area contributed by atoms with Crippen molar-refractivity contribution in [2.45, 2.75) is 79.1 Å². The van der Waals surface area contributed by atoms with E-state index in [-0.39, 0.29) is 43.2 Å². The van der Waals surface area contributed by atoms with E-state index in [1.54, 1.807) is 13.8 Å². The van der Waals surface area contributed by atoms with E-state index in [2.05, 4.69) is 10.6 Å². The van der Waals surface area contributed by atoms with Crippen LogP contribution in [0.2, 0.25) is 0 Å². The molecule has 0 aromatic carbocycles. The van der Waals surface area contributed by atoms with Crippen LogP contribution in [0.25, 0.3) is 0 Å². The lowest BCUT2D eigenvalue weighted by molar-refractivity contribution is -0.143. The molecule has 0 aliphatic rings. The highest BCUT2D eigenvalue weighted by atomic mass is 16.4. The fourth-order valence-electron chi connectivity index (χ4n) is 3.51. The number of hydrogen-bond acceptors (Lipinski definition) is 5. The van der Waals surface area contributed by atoms with Crippen molar-refractivity contribution in [3.8, 4) is 0 Å². The molecule has 0 aromatic rings. The van der Waals surface area contributed by atoms with Gasteiger partial charge in [0.15, 0.2) is 0 Å². The summed E-state index contributed by atoms with van der Waals surface area (Å²) in [6.45, 7) is 7.27. The molecule has 33 heavy (non-hydrogen) atoms. The highest BCUT2D eigenvalue weighted by molar-refractivity contribution is 5.81. The van der Waals surface area contributed by atoms with Crippen molar-refractivity contribution in [1.82, 2.24) is 10.6 Å². The van der Waals surface area contributed by atoms with Crippen LogP contribution in [0.4, 0.5) is 0 Å². The van der Waals surface area contributed by atoms with Gasteiger partial charge in [-0.25, -0.2) is 0 Å². The Morgan fingerprint density at radius 2 is 1.09 bits per heavy atom. The van der Waals surface area contributed by atoms with Crippen molar-refractivity contribution < 1.29 is 29.1 Å². The van der Waals surface area contributed by atoms with E-state index in [9.17, 15) is 29.1 Å². The van der Waals surface area contributed by atoms with Gasteiger partial charge in [0.2, 0.25) is 23.6 Å². The lowest BCUT2D eigenvalue weighted by Gasteiger charge is -2.20. The van der Waals surface area contributed by atoms with Crippen molar-refractivity contribution in [2.75, 3.05) is 6.67 Å². The summed E-state index contributed by atoms with van der Waals surface area (Å²) in [6, 6.07) is 0. The Morgan fingerprint density at radius 3 is 1.52 bits per heavy atom. The Morgan fingerprint density at radius 1 is 0.667 bits per heavy atom. The molecule has 0 aliphatic heterocycles. The van der Waals surface area contributed by atoms with Gasteiger partial charge >= 0.3 is 5.97 Å². The van der Waals surface area contributed by atoms with Crippen LogP contribution < -0.4 is 22.1 Å². The Balaban J connectivity index is 4.61. The first-order valence-corrected chi connectivity index (χ1v) is 11.8. The largest absolute Gasteiger partial charge is 0.481 e. The molecule has 5 atom stereocenters. The highest BCUT2D eigenvalue weighted by Gasteiger charge is 2.25. The minimum absolute atomic E-state index is 0.0268. The molecule has 10 heteroatoms. The SMILES string of the molecule is CCC(C)C(=O)NCNC(=O)C(C)CCC(CCC(CCC(CC)C(N)=O)C(N)=O)C(=O)O. The second kappa shape index (κ2) is 16.0. The molecule has 7 N–H and O–H groups in total. The van der Waals surface area contributed by atoms with Gasteiger partial charge in [-0.3, -0.25) is 24.0 Å². The molecule has 0 aromatic heterocycles. The third kappa shape index (κ3) is 12.2. The smallest absolute Gasteiger partial charge is 0.306 e. The molecule has 0 radical (unpaired) electrons. The number of primary amides is 2. The molecule has 190 valence electrons. The number of carbonyl (C=O) groups is 5. The van der Waals surface area contributed by atoms with Crippen LogP contribution in [0, 0.1) is 29.6 Å². The molecule has 4 amide bonds. The first-order valence-electron chi connectivity index (χ1n) is 11.8. The standard InChI is InChI=1S/C23H42N4O6/c1-5-14(3)21(30)26-13-27-22(31)15(4)7-8-18(23(32)33)12-11-17(20(25)29)10-9-16(6-2)19(24)28/h14-18H,5-13H2,1-4H3,(H2,24,28)(H2,25,29)(H,26,30)(H,27,31)(H,32,33). The van der Waals surface area contributed by atoms with Gasteiger partial charge in [-0.1, -0.05) is 27.7 Å². The molecule has 0 bridgehead atoms. The van der Waals surface area contributed by atoms with Gasteiger partial charge in [0.1, 0.15) is 0 Å². The van der Waals surface area contributed by atoms with Crippen LogP contribution >= 0.6 is 0 Å². The number of nitrogens with two attached hydrogens (primary N) is 2. The molecular weight excluding hydrogens is 428 g/mol. The zero-order chi connectivity index (χ0) is 25.6. The molecule has 0 spiro atoms. The molecule has 0 saturated carbocycles. The number of carboxylic acid groups (broad SMARTS) is 1. The van der Waals surface area contributed by atoms with Gasteiger partial charge in [-0.15, -0.1) is 0 Å². The average Bonchev–Trinajstić information content (AvgIpc) is 2.75. The minimum atomic E-state index is -0.991. The van der Waals surface area contributed by atoms with E-state index < -0.39 is 35.5 Å². The molecule has 0 saturated heterocycles. The van der Waals surface area contributed by atoms with E-state index in [4.69, 9.17) is 11.5 Å². The summed E-state index contributed by atoms with van der Waals surface area (Å²) in [6.07, 6.45) is 3.25. The van der Waals surface area contributed by atoms with Crippen LogP contribution in [0.3, 0.4) is 0 Å². The molecule has 10 nitrogen and oxygen atoms in total. The summed E-state index contributed by atoms with van der Waals surface area (Å²) in [7, 11) is 0. The second-order valence-corrected chi connectivity index (χ2v) is 8.84. The van der Waals surface area contributed by atoms with Crippen molar-refractivity contribution in [3.05, 3.63) is 0 Å². The average molecular weight is 471 g/mol. The number of carbonyl (C=O) groups excluding carboxylic acids is 4. The third-order valence-corrected chi connectivity index (χ3v) is 6.35. The summed E-state index contributed by atoms with van der Waals surface area (Å²) < 4.78 is 0. The lowest BCUT2D eigenvalue weighted by Crippen LogP contribution is -2.41. The topological polar surface area (TPSA) is 182 Å². The Bertz CT molecular complexity index is 669. The predicted molar refractivity (Wildman–Crippen MR) is 124 cm³/mol. The molecule has 0 aliphatic carbocycles. The van der Waals surface area contributed by atoms with Gasteiger partial charge in [0.05, 0.1) is 12.6 Å². The quantitative estimate of drug-likeness (QED) is 0.189. The van der Waals surface area contributed by atoms with Gasteiger partial charge in [-0.05, 0) is 51.4 Å². The third-order valence-electron chi connectivity index (χ3n) is 6.35. The second-order valence-electron chi connectivity index (χ2n) is 8.84. The predicted octanol–water partition coefficient (Wildman–Crippen LogP) is 1.51. The molecule has 0 fully saturated rings. The zero-order valence-corrected chi connectivity index (χ0v) is 20.4.